The van der Waals surface area contributed by atoms with Crippen LogP contribution >= 0.6 is 0 Å². The first-order chi connectivity index (χ1) is 10.9. The molecule has 0 spiro atoms. The highest BCUT2D eigenvalue weighted by Crippen LogP contribution is 2.19. The lowest BCUT2D eigenvalue weighted by molar-refractivity contribution is -0.148. The van der Waals surface area contributed by atoms with Crippen LogP contribution in [0.5, 0.6) is 0 Å². The van der Waals surface area contributed by atoms with Gasteiger partial charge in [0.25, 0.3) is 0 Å². The summed E-state index contributed by atoms with van der Waals surface area (Å²) in [7, 11) is 2.23. The summed E-state index contributed by atoms with van der Waals surface area (Å²) >= 11 is 0. The summed E-state index contributed by atoms with van der Waals surface area (Å²) in [6.45, 7) is 1.83. The van der Waals surface area contributed by atoms with E-state index < -0.39 is 36.0 Å². The van der Waals surface area contributed by atoms with Gasteiger partial charge in [0, 0.05) is 0 Å². The van der Waals surface area contributed by atoms with Gasteiger partial charge in [0.05, 0.1) is 19.9 Å². The second-order valence-electron chi connectivity index (χ2n) is 4.57. The van der Waals surface area contributed by atoms with Crippen LogP contribution in [0, 0.1) is 5.82 Å². The molecule has 0 saturated heterocycles. The number of Topliss-reactive ketones (excluding diaryl/α,β-unsaturated/α-hetero) is 1. The van der Waals surface area contributed by atoms with Gasteiger partial charge < -0.3 is 14.9 Å². The minimum Gasteiger partial charge on any atom is -0.469 e. The van der Waals surface area contributed by atoms with E-state index in [4.69, 9.17) is 0 Å². The van der Waals surface area contributed by atoms with Gasteiger partial charge in [0.15, 0.2) is 11.8 Å². The predicted molar refractivity (Wildman–Crippen MR) is 80.0 cm³/mol. The molecular weight excluding hydrogens is 307 g/mol. The van der Waals surface area contributed by atoms with Gasteiger partial charge in [-0.15, -0.1) is 0 Å². The fourth-order valence-corrected chi connectivity index (χ4v) is 1.85. The van der Waals surface area contributed by atoms with E-state index in [-0.39, 0.29) is 5.69 Å². The largest absolute Gasteiger partial charge is 0.469 e. The van der Waals surface area contributed by atoms with E-state index in [0.717, 1.165) is 14.2 Å². The van der Waals surface area contributed by atoms with Crippen LogP contribution in [0.25, 0.3) is 0 Å². The Morgan fingerprint density at radius 2 is 1.91 bits per heavy atom. The average Bonchev–Trinajstić information content (AvgIpc) is 2.55. The lowest BCUT2D eigenvalue weighted by Gasteiger charge is -2.18. The van der Waals surface area contributed by atoms with Gasteiger partial charge in [-0.3, -0.25) is 9.59 Å². The molecule has 1 aromatic rings. The second kappa shape index (κ2) is 8.84. The van der Waals surface area contributed by atoms with Crippen molar-refractivity contribution in [3.8, 4) is 0 Å². The van der Waals surface area contributed by atoms with Crippen molar-refractivity contribution in [1.82, 2.24) is 5.43 Å². The van der Waals surface area contributed by atoms with Crippen LogP contribution in [-0.2, 0) is 30.3 Å². The Labute approximate surface area is 133 Å². The van der Waals surface area contributed by atoms with E-state index in [2.05, 4.69) is 20.3 Å². The number of carbonyl (C=O) groups excluding carboxylic acids is 3. The fourth-order valence-electron chi connectivity index (χ4n) is 1.85. The van der Waals surface area contributed by atoms with E-state index >= 15 is 0 Å². The number of anilines is 1. The van der Waals surface area contributed by atoms with Crippen LogP contribution in [0.2, 0.25) is 0 Å². The topological polar surface area (TPSA) is 93.7 Å². The lowest BCUT2D eigenvalue weighted by atomic mass is 10.1. The van der Waals surface area contributed by atoms with Gasteiger partial charge in [-0.2, -0.15) is 0 Å². The molecule has 2 N–H and O–H groups in total. The first-order valence-electron chi connectivity index (χ1n) is 6.90. The molecule has 0 amide bonds. The number of para-hydroxylation sites is 1. The monoisotopic (exact) mass is 326 g/mol. The number of halogens is 1. The number of rotatable bonds is 8. The number of carbonyl (C=O) groups is 3. The number of hydrazine groups is 1. The van der Waals surface area contributed by atoms with Crippen LogP contribution in [0.15, 0.2) is 18.2 Å². The first-order valence-corrected chi connectivity index (χ1v) is 6.90. The number of nitrogens with one attached hydrogen (secondary N) is 2. The summed E-state index contributed by atoms with van der Waals surface area (Å²) in [6.07, 6.45) is -0.0658. The van der Waals surface area contributed by atoms with Crippen LogP contribution in [0.3, 0.4) is 0 Å². The normalized spacial score (nSPS) is 11.5. The quantitative estimate of drug-likeness (QED) is 0.418. The van der Waals surface area contributed by atoms with Crippen molar-refractivity contribution in [2.75, 3.05) is 19.6 Å². The summed E-state index contributed by atoms with van der Waals surface area (Å²) in [6, 6.07) is 3.03. The summed E-state index contributed by atoms with van der Waals surface area (Å²) < 4.78 is 22.8. The van der Waals surface area contributed by atoms with E-state index in [1.165, 1.54) is 6.07 Å². The minimum atomic E-state index is -1.47. The van der Waals surface area contributed by atoms with E-state index in [9.17, 15) is 18.8 Å². The van der Waals surface area contributed by atoms with Crippen LogP contribution in [-0.4, -0.2) is 38.0 Å². The summed E-state index contributed by atoms with van der Waals surface area (Å²) in [5.74, 6) is -2.99. The number of methoxy groups -OCH3 is 2. The third-order valence-electron chi connectivity index (χ3n) is 3.13. The molecule has 0 fully saturated rings. The zero-order valence-corrected chi connectivity index (χ0v) is 13.1. The fraction of sp³-hybridized carbons (Fsp3) is 0.400. The van der Waals surface area contributed by atoms with Gasteiger partial charge in [-0.1, -0.05) is 19.1 Å². The summed E-state index contributed by atoms with van der Waals surface area (Å²) in [5.41, 5.74) is 5.71. The number of hydrogen-bond acceptors (Lipinski definition) is 7. The zero-order valence-electron chi connectivity index (χ0n) is 13.1. The molecule has 0 aliphatic carbocycles. The molecule has 1 atom stereocenters. The standard InChI is InChI=1S/C15H19FN2O5/c1-4-9-6-5-7-10(16)13(9)17-18-14(15(21)23-3)11(19)8-12(20)22-2/h5-7,14,17-18H,4,8H2,1-3H3. The average molecular weight is 326 g/mol. The second-order valence-corrected chi connectivity index (χ2v) is 4.57. The van der Waals surface area contributed by atoms with Crippen molar-refractivity contribution < 1.29 is 28.2 Å². The smallest absolute Gasteiger partial charge is 0.332 e. The number of ether oxygens (including phenoxy) is 2. The first kappa shape index (κ1) is 18.6. The molecule has 126 valence electrons. The maximum absolute atomic E-state index is 13.9. The number of benzene rings is 1. The van der Waals surface area contributed by atoms with Crippen molar-refractivity contribution in [3.63, 3.8) is 0 Å². The minimum absolute atomic E-state index is 0.120. The van der Waals surface area contributed by atoms with Crippen molar-refractivity contribution in [2.24, 2.45) is 0 Å². The van der Waals surface area contributed by atoms with Crippen LogP contribution < -0.4 is 10.9 Å². The highest BCUT2D eigenvalue weighted by atomic mass is 19.1. The van der Waals surface area contributed by atoms with E-state index in [1.54, 1.807) is 12.1 Å². The molecule has 0 saturated carbocycles. The highest BCUT2D eigenvalue weighted by molar-refractivity contribution is 6.09. The number of ketones is 1. The molecule has 8 heteroatoms. The number of hydrogen-bond donors (Lipinski definition) is 2. The molecule has 0 bridgehead atoms. The molecule has 7 nitrogen and oxygen atoms in total. The molecule has 1 rings (SSSR count). The van der Waals surface area contributed by atoms with Crippen molar-refractivity contribution >= 4 is 23.4 Å². The predicted octanol–water partition coefficient (Wildman–Crippen LogP) is 0.978. The summed E-state index contributed by atoms with van der Waals surface area (Å²) in [4.78, 5) is 34.8. The molecule has 0 aromatic heterocycles. The molecule has 0 aliphatic heterocycles. The van der Waals surface area contributed by atoms with E-state index in [0.29, 0.717) is 12.0 Å². The molecule has 0 radical (unpaired) electrons. The Bertz CT molecular complexity index is 591. The van der Waals surface area contributed by atoms with Gasteiger partial charge in [-0.25, -0.2) is 14.6 Å². The Hall–Kier alpha value is -2.48. The van der Waals surface area contributed by atoms with Crippen LogP contribution in [0.1, 0.15) is 18.9 Å². The highest BCUT2D eigenvalue weighted by Gasteiger charge is 2.29. The maximum atomic E-state index is 13.9. The molecular formula is C15H19FN2O5. The SMILES string of the molecule is CCc1cccc(F)c1NNC(C(=O)CC(=O)OC)C(=O)OC. The molecule has 23 heavy (non-hydrogen) atoms. The molecule has 0 heterocycles. The van der Waals surface area contributed by atoms with Crippen molar-refractivity contribution in [2.45, 2.75) is 25.8 Å². The Kier molecular flexibility index (Phi) is 7.14. The van der Waals surface area contributed by atoms with Gasteiger partial charge in [0.2, 0.25) is 0 Å². The van der Waals surface area contributed by atoms with Crippen LogP contribution in [0.4, 0.5) is 10.1 Å². The maximum Gasteiger partial charge on any atom is 0.332 e. The Balaban J connectivity index is 2.89. The number of esters is 2. The van der Waals surface area contributed by atoms with E-state index in [1.807, 2.05) is 6.92 Å². The van der Waals surface area contributed by atoms with Gasteiger partial charge in [0.1, 0.15) is 12.2 Å². The molecule has 1 unspecified atom stereocenters. The van der Waals surface area contributed by atoms with Gasteiger partial charge in [-0.05, 0) is 18.1 Å². The Morgan fingerprint density at radius 1 is 1.22 bits per heavy atom. The van der Waals surface area contributed by atoms with Gasteiger partial charge >= 0.3 is 11.9 Å². The lowest BCUT2D eigenvalue weighted by Crippen LogP contribution is -2.47. The molecule has 0 aliphatic rings. The third-order valence-corrected chi connectivity index (χ3v) is 3.13. The third kappa shape index (κ3) is 5.03. The van der Waals surface area contributed by atoms with Crippen molar-refractivity contribution in [3.05, 3.63) is 29.6 Å². The zero-order chi connectivity index (χ0) is 17.4. The molecule has 1 aromatic carbocycles. The van der Waals surface area contributed by atoms with Crippen molar-refractivity contribution in [1.29, 1.82) is 0 Å². The summed E-state index contributed by atoms with van der Waals surface area (Å²) in [5, 5.41) is 0. The Morgan fingerprint density at radius 3 is 2.48 bits per heavy atom. The number of aryl methyl sites for hydroxylation is 1.